The maximum Gasteiger partial charge on any atom is 0.312 e. The molecule has 24 heavy (non-hydrogen) atoms. The summed E-state index contributed by atoms with van der Waals surface area (Å²) in [6.45, 7) is -0.236. The highest BCUT2D eigenvalue weighted by Gasteiger charge is 2.75. The van der Waals surface area contributed by atoms with E-state index < -0.39 is 32.4 Å². The van der Waals surface area contributed by atoms with Crippen LogP contribution in [0.1, 0.15) is 11.5 Å². The van der Waals surface area contributed by atoms with Crippen LogP contribution in [0.4, 0.5) is 0 Å². The van der Waals surface area contributed by atoms with Crippen molar-refractivity contribution in [3.8, 4) is 0 Å². The Labute approximate surface area is 148 Å². The Kier molecular flexibility index (Phi) is 4.27. The number of carboxylic acids is 1. The number of aliphatic carboxylic acids is 1. The molecule has 126 valence electrons. The highest BCUT2D eigenvalue weighted by molar-refractivity contribution is 9.10. The quantitative estimate of drug-likeness (QED) is 0.789. The van der Waals surface area contributed by atoms with Gasteiger partial charge in [-0.25, -0.2) is 8.42 Å². The molecule has 3 N–H and O–H groups in total. The molecule has 0 spiro atoms. The zero-order valence-corrected chi connectivity index (χ0v) is 15.0. The van der Waals surface area contributed by atoms with E-state index in [4.69, 9.17) is 5.73 Å². The van der Waals surface area contributed by atoms with E-state index >= 15 is 0 Å². The van der Waals surface area contributed by atoms with Crippen LogP contribution in [0.3, 0.4) is 0 Å². The van der Waals surface area contributed by atoms with E-state index in [1.165, 1.54) is 12.1 Å². The normalized spacial score (nSPS) is 26.1. The number of nitrogens with two attached hydrogens (primary N) is 1. The topological polar surface area (TPSA) is 97.5 Å². The van der Waals surface area contributed by atoms with Gasteiger partial charge in [0.15, 0.2) is 9.84 Å². The summed E-state index contributed by atoms with van der Waals surface area (Å²) < 4.78 is 26.8. The molecule has 7 heteroatoms. The third kappa shape index (κ3) is 2.47. The standard InChI is InChI=1S/C17H16BrNO4S/c18-12-8-6-11(7-9-12)14-15(17(14,10-19)16(20)21)24(22,23)13-4-2-1-3-5-13/h1-9,14-15H,10,19H2,(H,20,21). The first-order chi connectivity index (χ1) is 11.4. The molecule has 0 bridgehead atoms. The van der Waals surface area contributed by atoms with Crippen molar-refractivity contribution >= 4 is 31.7 Å². The smallest absolute Gasteiger partial charge is 0.312 e. The Morgan fingerprint density at radius 2 is 1.71 bits per heavy atom. The second kappa shape index (κ2) is 5.98. The van der Waals surface area contributed by atoms with Crippen molar-refractivity contribution in [2.75, 3.05) is 6.54 Å². The lowest BCUT2D eigenvalue weighted by Crippen LogP contribution is -2.31. The van der Waals surface area contributed by atoms with Crippen LogP contribution >= 0.6 is 15.9 Å². The van der Waals surface area contributed by atoms with Gasteiger partial charge in [-0.2, -0.15) is 0 Å². The molecule has 0 aromatic heterocycles. The van der Waals surface area contributed by atoms with Crippen molar-refractivity contribution in [2.24, 2.45) is 11.1 Å². The molecule has 2 aromatic carbocycles. The molecule has 0 amide bonds. The van der Waals surface area contributed by atoms with Crippen molar-refractivity contribution in [3.05, 3.63) is 64.6 Å². The number of halogens is 1. The van der Waals surface area contributed by atoms with Gasteiger partial charge in [-0.1, -0.05) is 46.3 Å². The van der Waals surface area contributed by atoms with E-state index in [9.17, 15) is 18.3 Å². The number of carboxylic acid groups (broad SMARTS) is 1. The molecule has 1 fully saturated rings. The molecule has 1 aliphatic rings. The Hall–Kier alpha value is -1.70. The number of benzene rings is 2. The average Bonchev–Trinajstić information content (AvgIpc) is 3.28. The van der Waals surface area contributed by atoms with Gasteiger partial charge >= 0.3 is 5.97 Å². The maximum absolute atomic E-state index is 13.0. The van der Waals surface area contributed by atoms with E-state index in [0.717, 1.165) is 4.47 Å². The average molecular weight is 410 g/mol. The molecule has 3 rings (SSSR count). The molecule has 1 saturated carbocycles. The Bertz CT molecular complexity index is 867. The van der Waals surface area contributed by atoms with Crippen molar-refractivity contribution < 1.29 is 18.3 Å². The summed E-state index contributed by atoms with van der Waals surface area (Å²) in [6, 6.07) is 14.9. The molecular weight excluding hydrogens is 394 g/mol. The van der Waals surface area contributed by atoms with Gasteiger partial charge in [-0.15, -0.1) is 0 Å². The Morgan fingerprint density at radius 1 is 1.12 bits per heavy atom. The van der Waals surface area contributed by atoms with Gasteiger partial charge in [0.05, 0.1) is 10.1 Å². The van der Waals surface area contributed by atoms with E-state index in [2.05, 4.69) is 15.9 Å². The highest BCUT2D eigenvalue weighted by atomic mass is 79.9. The van der Waals surface area contributed by atoms with Gasteiger partial charge in [0.1, 0.15) is 5.41 Å². The summed E-state index contributed by atoms with van der Waals surface area (Å²) in [5.74, 6) is -1.85. The fourth-order valence-corrected chi connectivity index (χ4v) is 6.02. The highest BCUT2D eigenvalue weighted by Crippen LogP contribution is 2.63. The third-order valence-corrected chi connectivity index (χ3v) is 7.45. The second-order valence-corrected chi connectivity index (χ2v) is 8.84. The first kappa shape index (κ1) is 17.1. The molecule has 0 saturated heterocycles. The zero-order chi connectivity index (χ0) is 17.5. The summed E-state index contributed by atoms with van der Waals surface area (Å²) in [7, 11) is -3.81. The lowest BCUT2D eigenvalue weighted by atomic mass is 9.99. The zero-order valence-electron chi connectivity index (χ0n) is 12.6. The fraction of sp³-hybridized carbons (Fsp3) is 0.235. The van der Waals surface area contributed by atoms with Gasteiger partial charge in [-0.05, 0) is 29.8 Å². The van der Waals surface area contributed by atoms with Gasteiger partial charge in [0, 0.05) is 16.9 Å². The van der Waals surface area contributed by atoms with E-state index in [1.54, 1.807) is 42.5 Å². The Balaban J connectivity index is 2.11. The van der Waals surface area contributed by atoms with E-state index in [1.807, 2.05) is 0 Å². The third-order valence-electron chi connectivity index (χ3n) is 4.63. The number of hydrogen-bond donors (Lipinski definition) is 2. The molecule has 1 aliphatic carbocycles. The Morgan fingerprint density at radius 3 is 2.21 bits per heavy atom. The maximum atomic E-state index is 13.0. The molecule has 3 atom stereocenters. The van der Waals surface area contributed by atoms with Gasteiger partial charge in [0.25, 0.3) is 0 Å². The van der Waals surface area contributed by atoms with Crippen LogP contribution in [-0.2, 0) is 14.6 Å². The first-order valence-electron chi connectivity index (χ1n) is 7.33. The molecule has 2 aromatic rings. The van der Waals surface area contributed by atoms with Gasteiger partial charge < -0.3 is 10.8 Å². The lowest BCUT2D eigenvalue weighted by Gasteiger charge is -2.10. The molecule has 0 aliphatic heterocycles. The minimum atomic E-state index is -3.81. The van der Waals surface area contributed by atoms with Crippen molar-refractivity contribution in [1.82, 2.24) is 0 Å². The molecule has 0 radical (unpaired) electrons. The van der Waals surface area contributed by atoms with Crippen LogP contribution in [-0.4, -0.2) is 31.3 Å². The lowest BCUT2D eigenvalue weighted by molar-refractivity contribution is -0.143. The minimum absolute atomic E-state index is 0.119. The van der Waals surface area contributed by atoms with E-state index in [0.29, 0.717) is 5.56 Å². The number of sulfone groups is 1. The molecule has 0 heterocycles. The number of rotatable bonds is 5. The summed E-state index contributed by atoms with van der Waals surface area (Å²) in [4.78, 5) is 12.0. The summed E-state index contributed by atoms with van der Waals surface area (Å²) in [6.07, 6.45) is 0. The van der Waals surface area contributed by atoms with Crippen LogP contribution in [0.2, 0.25) is 0 Å². The molecular formula is C17H16BrNO4S. The van der Waals surface area contributed by atoms with Crippen LogP contribution < -0.4 is 5.73 Å². The number of hydrogen-bond acceptors (Lipinski definition) is 4. The van der Waals surface area contributed by atoms with Gasteiger partial charge in [-0.3, -0.25) is 4.79 Å². The second-order valence-electron chi connectivity index (χ2n) is 5.86. The summed E-state index contributed by atoms with van der Waals surface area (Å²) in [5.41, 5.74) is 4.90. The predicted octanol–water partition coefficient (Wildman–Crippen LogP) is 2.42. The van der Waals surface area contributed by atoms with Crippen LogP contribution in [0.5, 0.6) is 0 Å². The van der Waals surface area contributed by atoms with Crippen LogP contribution in [0.15, 0.2) is 64.0 Å². The summed E-state index contributed by atoms with van der Waals surface area (Å²) >= 11 is 3.32. The first-order valence-corrected chi connectivity index (χ1v) is 9.67. The van der Waals surface area contributed by atoms with Crippen LogP contribution in [0.25, 0.3) is 0 Å². The van der Waals surface area contributed by atoms with Crippen molar-refractivity contribution in [2.45, 2.75) is 16.1 Å². The monoisotopic (exact) mass is 409 g/mol. The van der Waals surface area contributed by atoms with E-state index in [-0.39, 0.29) is 11.4 Å². The fourth-order valence-electron chi connectivity index (χ4n) is 3.35. The summed E-state index contributed by atoms with van der Waals surface area (Å²) in [5, 5.41) is 8.64. The molecule has 3 unspecified atom stereocenters. The largest absolute Gasteiger partial charge is 0.481 e. The predicted molar refractivity (Wildman–Crippen MR) is 93.4 cm³/mol. The number of carbonyl (C=O) groups is 1. The van der Waals surface area contributed by atoms with Crippen molar-refractivity contribution in [3.63, 3.8) is 0 Å². The van der Waals surface area contributed by atoms with Crippen molar-refractivity contribution in [1.29, 1.82) is 0 Å². The van der Waals surface area contributed by atoms with Crippen LogP contribution in [0, 0.1) is 5.41 Å². The minimum Gasteiger partial charge on any atom is -0.481 e. The SMILES string of the molecule is NCC1(C(=O)O)C(c2ccc(Br)cc2)C1S(=O)(=O)c1ccccc1. The molecule has 5 nitrogen and oxygen atoms in total. The van der Waals surface area contributed by atoms with Gasteiger partial charge in [0.2, 0.25) is 0 Å².